The lowest BCUT2D eigenvalue weighted by Gasteiger charge is -2.03. The van der Waals surface area contributed by atoms with Crippen LogP contribution >= 0.6 is 0 Å². The van der Waals surface area contributed by atoms with E-state index in [1.54, 1.807) is 6.20 Å². The van der Waals surface area contributed by atoms with Crippen molar-refractivity contribution < 1.29 is 4.52 Å². The van der Waals surface area contributed by atoms with Gasteiger partial charge in [0.2, 0.25) is 5.82 Å². The molecule has 0 saturated carbocycles. The SMILES string of the molecule is Cc1cnc(-c2noc(-c3cccc(C)c3N)n2)c(C)c1. The van der Waals surface area contributed by atoms with E-state index in [2.05, 4.69) is 15.1 Å². The van der Waals surface area contributed by atoms with Gasteiger partial charge in [0.15, 0.2) is 0 Å². The minimum absolute atomic E-state index is 0.410. The Labute approximate surface area is 122 Å². The Morgan fingerprint density at radius 2 is 1.90 bits per heavy atom. The van der Waals surface area contributed by atoms with Crippen LogP contribution in [-0.4, -0.2) is 15.1 Å². The maximum atomic E-state index is 6.07. The molecule has 3 rings (SSSR count). The maximum absolute atomic E-state index is 6.07. The van der Waals surface area contributed by atoms with E-state index in [0.29, 0.717) is 17.4 Å². The van der Waals surface area contributed by atoms with Crippen molar-refractivity contribution >= 4 is 5.69 Å². The number of aromatic nitrogens is 3. The van der Waals surface area contributed by atoms with Gasteiger partial charge in [-0.3, -0.25) is 4.98 Å². The molecule has 0 bridgehead atoms. The van der Waals surface area contributed by atoms with Crippen molar-refractivity contribution in [2.45, 2.75) is 20.8 Å². The largest absolute Gasteiger partial charge is 0.398 e. The van der Waals surface area contributed by atoms with Crippen LogP contribution in [0.5, 0.6) is 0 Å². The first-order valence-electron chi connectivity index (χ1n) is 6.69. The van der Waals surface area contributed by atoms with Crippen LogP contribution in [0.15, 0.2) is 35.0 Å². The predicted octanol–water partition coefficient (Wildman–Crippen LogP) is 3.31. The zero-order valence-electron chi connectivity index (χ0n) is 12.2. The molecule has 5 nitrogen and oxygen atoms in total. The van der Waals surface area contributed by atoms with Crippen molar-refractivity contribution in [2.75, 3.05) is 5.73 Å². The molecule has 2 N–H and O–H groups in total. The van der Waals surface area contributed by atoms with Crippen LogP contribution in [0.25, 0.3) is 23.0 Å². The van der Waals surface area contributed by atoms with E-state index in [4.69, 9.17) is 10.3 Å². The quantitative estimate of drug-likeness (QED) is 0.729. The number of benzene rings is 1. The molecule has 0 aliphatic heterocycles. The highest BCUT2D eigenvalue weighted by atomic mass is 16.5. The van der Waals surface area contributed by atoms with Gasteiger partial charge in [-0.05, 0) is 43.5 Å². The van der Waals surface area contributed by atoms with Crippen molar-refractivity contribution in [1.82, 2.24) is 15.1 Å². The number of rotatable bonds is 2. The Hall–Kier alpha value is -2.69. The van der Waals surface area contributed by atoms with Crippen LogP contribution in [0, 0.1) is 20.8 Å². The van der Waals surface area contributed by atoms with E-state index in [1.807, 2.05) is 45.0 Å². The lowest BCUT2D eigenvalue weighted by Crippen LogP contribution is -1.94. The third-order valence-electron chi connectivity index (χ3n) is 3.41. The summed E-state index contributed by atoms with van der Waals surface area (Å²) >= 11 is 0. The number of nitrogens with two attached hydrogens (primary N) is 1. The summed E-state index contributed by atoms with van der Waals surface area (Å²) in [6, 6.07) is 7.77. The molecule has 0 saturated heterocycles. The Kier molecular flexibility index (Phi) is 3.17. The average molecular weight is 280 g/mol. The molecule has 1 aromatic carbocycles. The summed E-state index contributed by atoms with van der Waals surface area (Å²) in [5, 5.41) is 4.02. The van der Waals surface area contributed by atoms with Crippen LogP contribution < -0.4 is 5.73 Å². The van der Waals surface area contributed by atoms with Gasteiger partial charge in [0, 0.05) is 11.9 Å². The van der Waals surface area contributed by atoms with Gasteiger partial charge in [0.1, 0.15) is 5.69 Å². The normalized spacial score (nSPS) is 10.8. The Bertz CT molecular complexity index is 808. The van der Waals surface area contributed by atoms with Crippen LogP contribution in [0.3, 0.4) is 0 Å². The highest BCUT2D eigenvalue weighted by molar-refractivity contribution is 5.74. The summed E-state index contributed by atoms with van der Waals surface area (Å²) in [4.78, 5) is 8.80. The third kappa shape index (κ3) is 2.38. The molecule has 0 aliphatic rings. The fraction of sp³-hybridized carbons (Fsp3) is 0.188. The molecule has 21 heavy (non-hydrogen) atoms. The minimum Gasteiger partial charge on any atom is -0.398 e. The van der Waals surface area contributed by atoms with Crippen LogP contribution in [0.2, 0.25) is 0 Å². The second-order valence-electron chi connectivity index (χ2n) is 5.14. The van der Waals surface area contributed by atoms with Gasteiger partial charge < -0.3 is 10.3 Å². The van der Waals surface area contributed by atoms with E-state index >= 15 is 0 Å². The molecule has 2 aromatic heterocycles. The first-order chi connectivity index (χ1) is 10.1. The average Bonchev–Trinajstić information content (AvgIpc) is 2.91. The molecule has 106 valence electrons. The van der Waals surface area contributed by atoms with E-state index in [0.717, 1.165) is 27.9 Å². The summed E-state index contributed by atoms with van der Waals surface area (Å²) < 4.78 is 5.35. The van der Waals surface area contributed by atoms with Crippen molar-refractivity contribution in [3.63, 3.8) is 0 Å². The van der Waals surface area contributed by atoms with Crippen molar-refractivity contribution in [3.05, 3.63) is 47.2 Å². The second kappa shape index (κ2) is 5.01. The third-order valence-corrected chi connectivity index (χ3v) is 3.41. The molecular weight excluding hydrogens is 264 g/mol. The Balaban J connectivity index is 2.06. The molecule has 3 aromatic rings. The second-order valence-corrected chi connectivity index (χ2v) is 5.14. The van der Waals surface area contributed by atoms with Crippen molar-refractivity contribution in [2.24, 2.45) is 0 Å². The number of anilines is 1. The van der Waals surface area contributed by atoms with Gasteiger partial charge >= 0.3 is 0 Å². The first kappa shape index (κ1) is 13.3. The zero-order valence-corrected chi connectivity index (χ0v) is 12.2. The van der Waals surface area contributed by atoms with E-state index in [-0.39, 0.29) is 0 Å². The Morgan fingerprint density at radius 1 is 1.10 bits per heavy atom. The summed E-state index contributed by atoms with van der Waals surface area (Å²) in [5.74, 6) is 0.886. The van der Waals surface area contributed by atoms with E-state index in [1.165, 1.54) is 0 Å². The highest BCUT2D eigenvalue weighted by Crippen LogP contribution is 2.29. The first-order valence-corrected chi connectivity index (χ1v) is 6.69. The number of aryl methyl sites for hydroxylation is 3. The maximum Gasteiger partial charge on any atom is 0.260 e. The zero-order chi connectivity index (χ0) is 15.0. The number of hydrogen-bond acceptors (Lipinski definition) is 5. The van der Waals surface area contributed by atoms with Crippen LogP contribution in [-0.2, 0) is 0 Å². The molecule has 0 fully saturated rings. The molecule has 0 unspecified atom stereocenters. The highest BCUT2D eigenvalue weighted by Gasteiger charge is 2.15. The van der Waals surface area contributed by atoms with Gasteiger partial charge in [-0.15, -0.1) is 0 Å². The molecule has 0 aliphatic carbocycles. The number of nitrogen functional groups attached to an aromatic ring is 1. The summed E-state index contributed by atoms with van der Waals surface area (Å²) in [6.07, 6.45) is 1.79. The molecule has 0 radical (unpaired) electrons. The number of pyridine rings is 1. The monoisotopic (exact) mass is 280 g/mol. The molecule has 0 spiro atoms. The fourth-order valence-electron chi connectivity index (χ4n) is 2.25. The minimum atomic E-state index is 0.410. The van der Waals surface area contributed by atoms with Gasteiger partial charge in [-0.2, -0.15) is 4.98 Å². The smallest absolute Gasteiger partial charge is 0.260 e. The molecular formula is C16H16N4O. The van der Waals surface area contributed by atoms with Crippen LogP contribution in [0.1, 0.15) is 16.7 Å². The number of hydrogen-bond donors (Lipinski definition) is 1. The topological polar surface area (TPSA) is 77.8 Å². The number of nitrogens with zero attached hydrogens (tertiary/aromatic N) is 3. The Morgan fingerprint density at radius 3 is 2.67 bits per heavy atom. The lowest BCUT2D eigenvalue weighted by atomic mass is 10.1. The van der Waals surface area contributed by atoms with E-state index < -0.39 is 0 Å². The molecule has 0 amide bonds. The predicted molar refractivity (Wildman–Crippen MR) is 81.6 cm³/mol. The molecule has 2 heterocycles. The summed E-state index contributed by atoms with van der Waals surface area (Å²) in [5.41, 5.74) is 11.3. The van der Waals surface area contributed by atoms with Gasteiger partial charge in [0.25, 0.3) is 5.89 Å². The standard InChI is InChI=1S/C16H16N4O/c1-9-7-11(3)14(18-8-9)15-19-16(21-20-15)12-6-4-5-10(2)13(12)17/h4-8H,17H2,1-3H3. The van der Waals surface area contributed by atoms with Crippen molar-refractivity contribution in [3.8, 4) is 23.0 Å². The van der Waals surface area contributed by atoms with Gasteiger partial charge in [-0.1, -0.05) is 23.4 Å². The summed E-state index contributed by atoms with van der Waals surface area (Å²) in [7, 11) is 0. The van der Waals surface area contributed by atoms with Gasteiger partial charge in [0.05, 0.1) is 5.56 Å². The van der Waals surface area contributed by atoms with Gasteiger partial charge in [-0.25, -0.2) is 0 Å². The number of para-hydroxylation sites is 1. The van der Waals surface area contributed by atoms with Crippen LogP contribution in [0.4, 0.5) is 5.69 Å². The molecule has 5 heteroatoms. The lowest BCUT2D eigenvalue weighted by molar-refractivity contribution is 0.432. The van der Waals surface area contributed by atoms with E-state index in [9.17, 15) is 0 Å². The molecule has 0 atom stereocenters. The summed E-state index contributed by atoms with van der Waals surface area (Å²) in [6.45, 7) is 5.92. The fourth-order valence-corrected chi connectivity index (χ4v) is 2.25. The van der Waals surface area contributed by atoms with Crippen molar-refractivity contribution in [1.29, 1.82) is 0 Å².